The summed E-state index contributed by atoms with van der Waals surface area (Å²) in [5.41, 5.74) is 0.363. The topological polar surface area (TPSA) is 70.2 Å². The smallest absolute Gasteiger partial charge is 0.237 e. The fourth-order valence-electron chi connectivity index (χ4n) is 6.94. The van der Waals surface area contributed by atoms with E-state index in [1.807, 2.05) is 18.2 Å². The number of fused-ring (bicyclic) bond motifs is 2. The highest BCUT2D eigenvalue weighted by Crippen LogP contribution is 2.57. The molecule has 5 nitrogen and oxygen atoms in total. The van der Waals surface area contributed by atoms with Crippen molar-refractivity contribution in [3.8, 4) is 0 Å². The van der Waals surface area contributed by atoms with Gasteiger partial charge in [-0.25, -0.2) is 4.39 Å². The second-order valence-electron chi connectivity index (χ2n) is 12.4. The highest BCUT2D eigenvalue weighted by atomic mass is 35.5. The molecule has 204 valence electrons. The van der Waals surface area contributed by atoms with Crippen molar-refractivity contribution in [2.24, 2.45) is 11.3 Å². The van der Waals surface area contributed by atoms with Crippen molar-refractivity contribution < 1.29 is 14.0 Å². The summed E-state index contributed by atoms with van der Waals surface area (Å²) in [6.45, 7) is 6.89. The predicted molar refractivity (Wildman–Crippen MR) is 150 cm³/mol. The third-order valence-corrected chi connectivity index (χ3v) is 9.04. The van der Waals surface area contributed by atoms with Crippen LogP contribution in [-0.2, 0) is 15.0 Å². The molecule has 5 rings (SSSR count). The van der Waals surface area contributed by atoms with Crippen LogP contribution in [0.1, 0.15) is 76.3 Å². The summed E-state index contributed by atoms with van der Waals surface area (Å²) in [5.74, 6) is -0.968. The van der Waals surface area contributed by atoms with Gasteiger partial charge in [0.2, 0.25) is 11.8 Å². The van der Waals surface area contributed by atoms with E-state index in [0.29, 0.717) is 35.2 Å². The third-order valence-electron chi connectivity index (χ3n) is 8.52. The Labute approximate surface area is 234 Å². The Morgan fingerprint density at radius 3 is 2.58 bits per heavy atom. The van der Waals surface area contributed by atoms with Gasteiger partial charge < -0.3 is 16.0 Å². The SMILES string of the molecule is CC(C)(C)C[C@H]1N[C@@H](C(=O)NCCC2CCCC2)[C@H](c2cccc(Cl)c2)[C@@]12C(=O)Nc1cc(Cl)c(F)cc12. The highest BCUT2D eigenvalue weighted by molar-refractivity contribution is 6.31. The molecule has 0 radical (unpaired) electrons. The summed E-state index contributed by atoms with van der Waals surface area (Å²) in [6, 6.07) is 9.00. The van der Waals surface area contributed by atoms with Crippen LogP contribution in [0.25, 0.3) is 0 Å². The first-order chi connectivity index (χ1) is 18.0. The van der Waals surface area contributed by atoms with Gasteiger partial charge in [-0.15, -0.1) is 0 Å². The fourth-order valence-corrected chi connectivity index (χ4v) is 7.30. The molecule has 2 aliphatic heterocycles. The molecule has 1 saturated carbocycles. The number of hydrogen-bond donors (Lipinski definition) is 3. The van der Waals surface area contributed by atoms with Crippen molar-refractivity contribution >= 4 is 40.7 Å². The van der Waals surface area contributed by atoms with E-state index in [1.54, 1.807) is 6.07 Å². The van der Waals surface area contributed by atoms with Gasteiger partial charge in [0.05, 0.1) is 11.1 Å². The van der Waals surface area contributed by atoms with Crippen LogP contribution in [0, 0.1) is 17.2 Å². The van der Waals surface area contributed by atoms with Crippen LogP contribution in [0.15, 0.2) is 36.4 Å². The van der Waals surface area contributed by atoms with Crippen LogP contribution in [0.3, 0.4) is 0 Å². The standard InChI is InChI=1S/C30H36Cl2FN3O2/c1-29(2,3)16-24-30(20-14-22(33)21(32)15-23(20)35-28(30)38)25(18-9-6-10-19(31)13-18)26(36-24)27(37)34-12-11-17-7-4-5-8-17/h6,9-10,13-15,17,24-26,36H,4-5,7-8,11-12,16H2,1-3H3,(H,34,37)(H,35,38)/t24-,25+,26-,30+/m1/s1. The van der Waals surface area contributed by atoms with Gasteiger partial charge in [0.1, 0.15) is 11.2 Å². The van der Waals surface area contributed by atoms with Crippen LogP contribution < -0.4 is 16.0 Å². The highest BCUT2D eigenvalue weighted by Gasteiger charge is 2.65. The average molecular weight is 561 g/mol. The van der Waals surface area contributed by atoms with E-state index in [0.717, 1.165) is 12.0 Å². The number of carbonyl (C=O) groups excluding carboxylic acids is 2. The Kier molecular flexibility index (Phi) is 7.53. The number of halogens is 3. The lowest BCUT2D eigenvalue weighted by Gasteiger charge is -2.37. The molecule has 3 aliphatic rings. The average Bonchev–Trinajstić information content (AvgIpc) is 3.53. The molecular weight excluding hydrogens is 524 g/mol. The monoisotopic (exact) mass is 559 g/mol. The molecule has 4 atom stereocenters. The summed E-state index contributed by atoms with van der Waals surface area (Å²) in [4.78, 5) is 28.0. The molecule has 38 heavy (non-hydrogen) atoms. The van der Waals surface area contributed by atoms with Crippen LogP contribution in [0.5, 0.6) is 0 Å². The molecule has 2 fully saturated rings. The number of rotatable bonds is 6. The quantitative estimate of drug-likeness (QED) is 0.374. The minimum Gasteiger partial charge on any atom is -0.355 e. The lowest BCUT2D eigenvalue weighted by atomic mass is 9.62. The van der Waals surface area contributed by atoms with Crippen LogP contribution in [0.2, 0.25) is 10.0 Å². The summed E-state index contributed by atoms with van der Waals surface area (Å²) >= 11 is 12.5. The minimum atomic E-state index is -1.23. The van der Waals surface area contributed by atoms with E-state index in [9.17, 15) is 14.0 Å². The Hall–Kier alpha value is -2.15. The molecule has 2 aromatic carbocycles. The van der Waals surface area contributed by atoms with Gasteiger partial charge in [-0.3, -0.25) is 9.59 Å². The van der Waals surface area contributed by atoms with E-state index >= 15 is 0 Å². The van der Waals surface area contributed by atoms with Crippen molar-refractivity contribution in [3.05, 3.63) is 63.4 Å². The lowest BCUT2D eigenvalue weighted by Crippen LogP contribution is -2.49. The fraction of sp³-hybridized carbons (Fsp3) is 0.533. The van der Waals surface area contributed by atoms with Crippen molar-refractivity contribution in [3.63, 3.8) is 0 Å². The van der Waals surface area contributed by atoms with Crippen LogP contribution >= 0.6 is 23.2 Å². The molecular formula is C30H36Cl2FN3O2. The van der Waals surface area contributed by atoms with Gasteiger partial charge in [0.15, 0.2) is 0 Å². The van der Waals surface area contributed by atoms with E-state index in [-0.39, 0.29) is 22.3 Å². The largest absolute Gasteiger partial charge is 0.355 e. The van der Waals surface area contributed by atoms with E-state index in [4.69, 9.17) is 23.2 Å². The maximum absolute atomic E-state index is 15.0. The first-order valence-electron chi connectivity index (χ1n) is 13.6. The number of hydrogen-bond acceptors (Lipinski definition) is 3. The predicted octanol–water partition coefficient (Wildman–Crippen LogP) is 6.58. The number of carbonyl (C=O) groups is 2. The first-order valence-corrected chi connectivity index (χ1v) is 14.4. The summed E-state index contributed by atoms with van der Waals surface area (Å²) in [6.07, 6.45) is 6.48. The normalized spacial score (nSPS) is 27.1. The zero-order valence-electron chi connectivity index (χ0n) is 22.2. The van der Waals surface area contributed by atoms with Crippen molar-refractivity contribution in [2.45, 2.75) is 82.7 Å². The van der Waals surface area contributed by atoms with Gasteiger partial charge in [-0.1, -0.05) is 81.8 Å². The molecule has 2 amide bonds. The number of nitrogens with one attached hydrogen (secondary N) is 3. The molecule has 1 spiro atoms. The summed E-state index contributed by atoms with van der Waals surface area (Å²) in [7, 11) is 0. The molecule has 0 unspecified atom stereocenters. The molecule has 0 bridgehead atoms. The van der Waals surface area contributed by atoms with Crippen LogP contribution in [-0.4, -0.2) is 30.4 Å². The zero-order valence-corrected chi connectivity index (χ0v) is 23.7. The maximum Gasteiger partial charge on any atom is 0.237 e. The lowest BCUT2D eigenvalue weighted by molar-refractivity contribution is -0.123. The second-order valence-corrected chi connectivity index (χ2v) is 13.2. The van der Waals surface area contributed by atoms with Crippen molar-refractivity contribution in [2.75, 3.05) is 11.9 Å². The van der Waals surface area contributed by atoms with Gasteiger partial charge in [0.25, 0.3) is 0 Å². The summed E-state index contributed by atoms with van der Waals surface area (Å²) < 4.78 is 15.0. The molecule has 2 heterocycles. The van der Waals surface area contributed by atoms with Crippen molar-refractivity contribution in [1.29, 1.82) is 0 Å². The van der Waals surface area contributed by atoms with Crippen molar-refractivity contribution in [1.82, 2.24) is 10.6 Å². The minimum absolute atomic E-state index is 0.0556. The number of anilines is 1. The molecule has 1 saturated heterocycles. The van der Waals surface area contributed by atoms with Gasteiger partial charge in [-0.2, -0.15) is 0 Å². The summed E-state index contributed by atoms with van der Waals surface area (Å²) in [5, 5.41) is 10.1. The van der Waals surface area contributed by atoms with Gasteiger partial charge in [0, 0.05) is 29.2 Å². The Morgan fingerprint density at radius 1 is 1.16 bits per heavy atom. The first kappa shape index (κ1) is 27.4. The molecule has 8 heteroatoms. The Bertz CT molecular complexity index is 1240. The second kappa shape index (κ2) is 10.4. The van der Waals surface area contributed by atoms with E-state index in [2.05, 4.69) is 36.7 Å². The number of amides is 2. The molecule has 3 N–H and O–H groups in total. The number of benzene rings is 2. The van der Waals surface area contributed by atoms with Crippen LogP contribution in [0.4, 0.5) is 10.1 Å². The Balaban J connectivity index is 1.61. The Morgan fingerprint density at radius 2 is 1.89 bits per heavy atom. The molecule has 0 aromatic heterocycles. The van der Waals surface area contributed by atoms with E-state index < -0.39 is 29.2 Å². The third kappa shape index (κ3) is 4.96. The van der Waals surface area contributed by atoms with Gasteiger partial charge in [-0.05, 0) is 59.6 Å². The molecule has 1 aliphatic carbocycles. The maximum atomic E-state index is 15.0. The zero-order chi connectivity index (χ0) is 27.2. The molecule has 2 aromatic rings. The van der Waals surface area contributed by atoms with Gasteiger partial charge >= 0.3 is 0 Å². The van der Waals surface area contributed by atoms with E-state index in [1.165, 1.54) is 37.8 Å².